The van der Waals surface area contributed by atoms with Gasteiger partial charge in [0.2, 0.25) is 5.91 Å². The van der Waals surface area contributed by atoms with Gasteiger partial charge in [-0.15, -0.1) is 0 Å². The van der Waals surface area contributed by atoms with Crippen LogP contribution < -0.4 is 40.3 Å². The second kappa shape index (κ2) is 48.0. The summed E-state index contributed by atoms with van der Waals surface area (Å²) in [7, 11) is -17.9. The second-order valence-corrected chi connectivity index (χ2v) is 33.8. The zero-order valence-corrected chi connectivity index (χ0v) is 69.1. The quantitative estimate of drug-likeness (QED) is 0.00831. The summed E-state index contributed by atoms with van der Waals surface area (Å²) in [6.07, 6.45) is 8.98. The molecule has 11 rings (SSSR count). The third kappa shape index (κ3) is 36.2. The lowest BCUT2D eigenvalue weighted by molar-refractivity contribution is -0.132. The molecule has 0 fully saturated rings. The number of halogens is 2. The summed E-state index contributed by atoms with van der Waals surface area (Å²) in [5.74, 6) is -4.17. The van der Waals surface area contributed by atoms with Gasteiger partial charge in [0, 0.05) is 72.0 Å². The molecule has 11 aromatic rings. The Kier molecular flexibility index (Phi) is 39.0. The van der Waals surface area contributed by atoms with Crippen molar-refractivity contribution in [1.82, 2.24) is 11.0 Å². The van der Waals surface area contributed by atoms with E-state index in [0.717, 1.165) is 39.1 Å². The van der Waals surface area contributed by atoms with E-state index in [-0.39, 0.29) is 30.9 Å². The highest BCUT2D eigenvalue weighted by Crippen LogP contribution is 2.23. The van der Waals surface area contributed by atoms with Crippen molar-refractivity contribution in [2.45, 2.75) is 37.3 Å². The number of hydrogen-bond acceptors (Lipinski definition) is 18. The molecule has 11 aromatic carbocycles. The van der Waals surface area contributed by atoms with Crippen LogP contribution in [0.3, 0.4) is 0 Å². The Morgan fingerprint density at radius 1 is 0.328 bits per heavy atom. The summed E-state index contributed by atoms with van der Waals surface area (Å²) in [6.45, 7) is 2.96. The average molecular weight is 1900 g/mol. The Bertz CT molecular complexity index is 5530. The van der Waals surface area contributed by atoms with Crippen LogP contribution in [-0.2, 0) is 80.5 Å². The highest BCUT2D eigenvalue weighted by molar-refractivity contribution is 14.1. The maximum atomic E-state index is 12.1. The van der Waals surface area contributed by atoms with Crippen LogP contribution in [-0.4, -0.2) is 97.5 Å². The van der Waals surface area contributed by atoms with Crippen molar-refractivity contribution in [3.8, 4) is 0 Å². The van der Waals surface area contributed by atoms with E-state index < -0.39 is 79.8 Å². The molecule has 0 radical (unpaired) electrons. The van der Waals surface area contributed by atoms with E-state index in [4.69, 9.17) is 31.5 Å². The zero-order valence-electron chi connectivity index (χ0n) is 60.7. The average Bonchev–Trinajstić information content (AvgIpc) is 0.849. The van der Waals surface area contributed by atoms with Crippen molar-refractivity contribution < 1.29 is 91.8 Å². The van der Waals surface area contributed by atoms with Crippen molar-refractivity contribution in [1.29, 1.82) is 0 Å². The van der Waals surface area contributed by atoms with Crippen molar-refractivity contribution in [3.63, 3.8) is 0 Å². The van der Waals surface area contributed by atoms with E-state index >= 15 is 0 Å². The molecule has 0 heterocycles. The number of hydrogen-bond donors (Lipinski definition) is 13. The van der Waals surface area contributed by atoms with Gasteiger partial charge in [0.15, 0.2) is 0 Å². The first kappa shape index (κ1) is 94.3. The van der Waals surface area contributed by atoms with Gasteiger partial charge in [-0.25, -0.2) is 67.4 Å². The number of carbonyl (C=O) groups excluding carboxylic acids is 2. The normalized spacial score (nSPS) is 10.9. The molecule has 2 amide bonds. The lowest BCUT2D eigenvalue weighted by Crippen LogP contribution is -2.18. The summed E-state index contributed by atoms with van der Waals surface area (Å²) in [5, 5.41) is 41.4. The molecule has 0 saturated carbocycles. The maximum absolute atomic E-state index is 12.1. The number of carbonyl (C=O) groups is 5. The maximum Gasteiger partial charge on any atom is 0.328 e. The molecule has 0 aliphatic carbocycles. The van der Waals surface area contributed by atoms with Gasteiger partial charge in [-0.2, -0.15) is 0 Å². The first-order valence-electron chi connectivity index (χ1n) is 33.4. The number of carboxylic acid groups (broad SMARTS) is 3. The lowest BCUT2D eigenvalue weighted by atomic mass is 10.1. The molecule has 0 atom stereocenters. The number of nitrogens with two attached hydrogens (primary N) is 1. The number of aryl methyl sites for hydroxylation is 1. The minimum absolute atomic E-state index is 0.158. The van der Waals surface area contributed by atoms with Gasteiger partial charge in [0.05, 0.1) is 24.5 Å². The van der Waals surface area contributed by atoms with Crippen LogP contribution in [0, 0.1) is 7.14 Å². The Morgan fingerprint density at radius 3 is 0.784 bits per heavy atom. The Labute approximate surface area is 698 Å². The fraction of sp³-hybridized carbons (Fsp3) is 0.0247. The summed E-state index contributed by atoms with van der Waals surface area (Å²) < 4.78 is 136. The molecule has 14 N–H and O–H groups in total. The largest absolute Gasteiger partial charge is 0.478 e. The number of anilines is 6. The molecule has 0 saturated heterocycles. The molecule has 116 heavy (non-hydrogen) atoms. The highest BCUT2D eigenvalue weighted by atomic mass is 127. The van der Waals surface area contributed by atoms with E-state index in [1.807, 2.05) is 36.4 Å². The van der Waals surface area contributed by atoms with Gasteiger partial charge in [-0.1, -0.05) is 146 Å². The molecule has 0 aliphatic heterocycles. The summed E-state index contributed by atoms with van der Waals surface area (Å²) in [5.41, 5.74) is 14.4. The van der Waals surface area contributed by atoms with E-state index in [1.54, 1.807) is 218 Å². The number of nitrogen functional groups attached to an aromatic ring is 1. The molecular formula is C81H76I2N8O20S5. The van der Waals surface area contributed by atoms with Crippen molar-refractivity contribution in [2.75, 3.05) is 29.3 Å². The molecule has 0 aliphatic rings. The number of benzene rings is 11. The van der Waals surface area contributed by atoms with Gasteiger partial charge in [-0.3, -0.25) is 43.6 Å². The Morgan fingerprint density at radius 2 is 0.560 bits per heavy atom. The molecule has 35 heteroatoms. The number of amides is 2. The van der Waals surface area contributed by atoms with E-state index in [0.29, 0.717) is 51.5 Å². The SMILES string of the molecule is C=CC(=O)O.Nc1ccc(I)cc1.O=C(/C=C/c1ccc(NS(=O)(=O)c2ccccc2)cc1)NO.O=C(CCc1ccc(NS(=O)(=O)c2ccccc2)cc1)NO.O=C(O)/C=C/c1ccc(NS(=O)(=O)c2ccccc2)cc1.O=C(O)/C=C/c1ccc(NS(=O)(=O)c2ccccc2)cc1.O=S(=O)(Nc1ccc(I)cc1)c1ccccc1. The fourth-order valence-corrected chi connectivity index (χ4v) is 14.8. The van der Waals surface area contributed by atoms with E-state index in [1.165, 1.54) is 75.8 Å². The van der Waals surface area contributed by atoms with Gasteiger partial charge in [-0.05, 0) is 250 Å². The van der Waals surface area contributed by atoms with Crippen LogP contribution in [0.15, 0.2) is 353 Å². The molecule has 28 nitrogen and oxygen atoms in total. The standard InChI is InChI=1S/C15H16N2O4S.C15H14N2O4S.2C15H13NO4S.C12H10INO2S.C6H6IN.C3H4O2/c2*18-15(16-19)11-8-12-6-9-13(10-7-12)17-22(20,21)14-4-2-1-3-5-14;2*17-15(18)11-8-12-6-9-13(10-7-12)16-21(19,20)14-4-2-1-3-5-14;13-10-6-8-11(9-7-10)14-17(15,16)12-4-2-1-3-5-12;7-5-1-3-6(8)4-2-5;1-2-3(4)5/h1-7,9-10,17,19H,8,11H2,(H,16,18);1-11,17,19H,(H,16,18);2*1-11,16H,(H,17,18);1-9,14H;1-4H,8H2;2H,1H2,(H,4,5)/b;3*11-8+;;;. The van der Waals surface area contributed by atoms with Crippen LogP contribution >= 0.6 is 45.2 Å². The van der Waals surface area contributed by atoms with Crippen molar-refractivity contribution in [2.24, 2.45) is 0 Å². The number of aliphatic carboxylic acids is 3. The Balaban J connectivity index is 0.000000249. The number of hydroxylamine groups is 2. The predicted molar refractivity (Wildman–Crippen MR) is 463 cm³/mol. The van der Waals surface area contributed by atoms with Gasteiger partial charge < -0.3 is 21.1 Å². The minimum Gasteiger partial charge on any atom is -0.478 e. The van der Waals surface area contributed by atoms with Crippen LogP contribution in [0.4, 0.5) is 34.1 Å². The van der Waals surface area contributed by atoms with Gasteiger partial charge in [0.25, 0.3) is 56.0 Å². The number of nitrogens with one attached hydrogen (secondary N) is 7. The molecule has 0 spiro atoms. The first-order valence-corrected chi connectivity index (χ1v) is 43.0. The number of sulfonamides is 5. The number of rotatable bonds is 25. The topological polar surface area (TPSA) is 467 Å². The first-order chi connectivity index (χ1) is 55.1. The monoisotopic (exact) mass is 1890 g/mol. The van der Waals surface area contributed by atoms with Crippen LogP contribution in [0.2, 0.25) is 0 Å². The second-order valence-electron chi connectivity index (χ2n) is 22.9. The predicted octanol–water partition coefficient (Wildman–Crippen LogP) is 14.3. The molecule has 0 aromatic heterocycles. The van der Waals surface area contributed by atoms with Crippen LogP contribution in [0.1, 0.15) is 28.7 Å². The molecule has 604 valence electrons. The minimum atomic E-state index is -3.62. The van der Waals surface area contributed by atoms with Crippen molar-refractivity contribution in [3.05, 3.63) is 358 Å². The van der Waals surface area contributed by atoms with Gasteiger partial charge in [0.1, 0.15) is 0 Å². The lowest BCUT2D eigenvalue weighted by Gasteiger charge is -2.08. The summed E-state index contributed by atoms with van der Waals surface area (Å²) in [4.78, 5) is 52.9. The third-order valence-corrected chi connectivity index (χ3v) is 22.7. The number of carboxylic acids is 3. The van der Waals surface area contributed by atoms with E-state index in [9.17, 15) is 66.1 Å². The van der Waals surface area contributed by atoms with Crippen LogP contribution in [0.25, 0.3) is 18.2 Å². The smallest absolute Gasteiger partial charge is 0.328 e. The molecular weight excluding hydrogens is 1820 g/mol. The third-order valence-electron chi connectivity index (χ3n) is 14.2. The van der Waals surface area contributed by atoms with E-state index in [2.05, 4.69) is 75.4 Å². The highest BCUT2D eigenvalue weighted by Gasteiger charge is 2.18. The summed E-state index contributed by atoms with van der Waals surface area (Å²) in [6, 6.07) is 81.4. The molecule has 0 bridgehead atoms. The van der Waals surface area contributed by atoms with Gasteiger partial charge >= 0.3 is 17.9 Å². The van der Waals surface area contributed by atoms with Crippen LogP contribution in [0.5, 0.6) is 0 Å². The summed E-state index contributed by atoms with van der Waals surface area (Å²) >= 11 is 4.41. The Hall–Kier alpha value is -12.3. The zero-order chi connectivity index (χ0) is 85.2. The molecule has 0 unspecified atom stereocenters. The van der Waals surface area contributed by atoms with Crippen molar-refractivity contribution >= 4 is 177 Å². The fourth-order valence-electron chi connectivity index (χ4n) is 8.63.